The fraction of sp³-hybridized carbons (Fsp3) is 0.533. The zero-order chi connectivity index (χ0) is 14.3. The van der Waals surface area contributed by atoms with E-state index >= 15 is 0 Å². The predicted octanol–water partition coefficient (Wildman–Crippen LogP) is 2.66. The minimum atomic E-state index is 0.0554. The highest BCUT2D eigenvalue weighted by Crippen LogP contribution is 2.29. The Balaban J connectivity index is 2.70. The molecule has 0 fully saturated rings. The summed E-state index contributed by atoms with van der Waals surface area (Å²) >= 11 is 0. The molecule has 0 saturated heterocycles. The average molecular weight is 265 g/mol. The molecule has 0 saturated carbocycles. The molecule has 0 radical (unpaired) electrons. The first-order valence-corrected chi connectivity index (χ1v) is 6.57. The first-order chi connectivity index (χ1) is 9.10. The number of carbonyl (C=O) groups excluding carboxylic acids is 1. The minimum Gasteiger partial charge on any atom is -0.496 e. The van der Waals surface area contributed by atoms with Gasteiger partial charge in [0.2, 0.25) is 0 Å². The van der Waals surface area contributed by atoms with Gasteiger partial charge in [-0.15, -0.1) is 0 Å². The summed E-state index contributed by atoms with van der Waals surface area (Å²) in [5.74, 6) is 1.20. The Kier molecular flexibility index (Phi) is 6.36. The number of hydrogen-bond acceptors (Lipinski definition) is 4. The molecular formula is C15H23NO3. The van der Waals surface area contributed by atoms with Crippen LogP contribution in [0.3, 0.4) is 0 Å². The zero-order valence-electron chi connectivity index (χ0n) is 12.2. The van der Waals surface area contributed by atoms with Gasteiger partial charge in [0.1, 0.15) is 17.1 Å². The topological polar surface area (TPSA) is 47.6 Å². The second kappa shape index (κ2) is 7.79. The second-order valence-corrected chi connectivity index (χ2v) is 4.67. The van der Waals surface area contributed by atoms with Crippen molar-refractivity contribution < 1.29 is 14.3 Å². The Bertz CT molecular complexity index is 394. The summed E-state index contributed by atoms with van der Waals surface area (Å²) in [4.78, 5) is 12.3. The molecule has 0 bridgehead atoms. The van der Waals surface area contributed by atoms with Crippen LogP contribution in [-0.2, 0) is 0 Å². The Labute approximate surface area is 115 Å². The first-order valence-electron chi connectivity index (χ1n) is 6.57. The molecular weight excluding hydrogens is 242 g/mol. The normalized spacial score (nSPS) is 10.6. The summed E-state index contributed by atoms with van der Waals surface area (Å²) in [7, 11) is 3.12. The van der Waals surface area contributed by atoms with Crippen molar-refractivity contribution in [3.8, 4) is 11.5 Å². The molecule has 0 heterocycles. The third-order valence-electron chi connectivity index (χ3n) is 2.84. The smallest absolute Gasteiger partial charge is 0.170 e. The van der Waals surface area contributed by atoms with Crippen molar-refractivity contribution in [2.75, 3.05) is 20.8 Å². The molecule has 0 unspecified atom stereocenters. The molecule has 4 nitrogen and oxygen atoms in total. The van der Waals surface area contributed by atoms with Crippen molar-refractivity contribution >= 4 is 5.78 Å². The van der Waals surface area contributed by atoms with Crippen molar-refractivity contribution in [1.29, 1.82) is 0 Å². The third-order valence-corrected chi connectivity index (χ3v) is 2.84. The van der Waals surface area contributed by atoms with Crippen LogP contribution in [-0.4, -0.2) is 32.6 Å². The SMILES string of the molecule is COc1cccc(OC)c1C(=O)CCCNC(C)C. The summed E-state index contributed by atoms with van der Waals surface area (Å²) in [6.45, 7) is 5.01. The van der Waals surface area contributed by atoms with Gasteiger partial charge in [-0.05, 0) is 25.1 Å². The van der Waals surface area contributed by atoms with E-state index in [1.807, 2.05) is 6.07 Å². The van der Waals surface area contributed by atoms with E-state index in [0.29, 0.717) is 29.5 Å². The van der Waals surface area contributed by atoms with Crippen molar-refractivity contribution in [2.24, 2.45) is 0 Å². The van der Waals surface area contributed by atoms with Gasteiger partial charge in [0.25, 0.3) is 0 Å². The van der Waals surface area contributed by atoms with Crippen LogP contribution in [0.1, 0.15) is 37.0 Å². The van der Waals surface area contributed by atoms with E-state index in [-0.39, 0.29) is 5.78 Å². The molecule has 1 rings (SSSR count). The van der Waals surface area contributed by atoms with Gasteiger partial charge in [0.05, 0.1) is 14.2 Å². The quantitative estimate of drug-likeness (QED) is 0.580. The first kappa shape index (κ1) is 15.5. The van der Waals surface area contributed by atoms with E-state index in [4.69, 9.17) is 9.47 Å². The average Bonchev–Trinajstić information content (AvgIpc) is 2.42. The van der Waals surface area contributed by atoms with Crippen molar-refractivity contribution in [3.05, 3.63) is 23.8 Å². The molecule has 4 heteroatoms. The molecule has 0 aliphatic carbocycles. The maximum atomic E-state index is 12.3. The number of ether oxygens (including phenoxy) is 2. The van der Waals surface area contributed by atoms with Crippen molar-refractivity contribution in [3.63, 3.8) is 0 Å². The number of carbonyl (C=O) groups is 1. The van der Waals surface area contributed by atoms with Crippen molar-refractivity contribution in [1.82, 2.24) is 5.32 Å². The van der Waals surface area contributed by atoms with Gasteiger partial charge in [-0.2, -0.15) is 0 Å². The molecule has 1 aromatic carbocycles. The number of methoxy groups -OCH3 is 2. The van der Waals surface area contributed by atoms with Crippen LogP contribution in [0.4, 0.5) is 0 Å². The summed E-state index contributed by atoms with van der Waals surface area (Å²) in [5, 5.41) is 3.29. The summed E-state index contributed by atoms with van der Waals surface area (Å²) in [6, 6.07) is 5.81. The molecule has 0 spiro atoms. The zero-order valence-corrected chi connectivity index (χ0v) is 12.2. The molecule has 1 N–H and O–H groups in total. The van der Waals surface area contributed by atoms with Gasteiger partial charge in [-0.1, -0.05) is 19.9 Å². The van der Waals surface area contributed by atoms with E-state index < -0.39 is 0 Å². The minimum absolute atomic E-state index is 0.0554. The van der Waals surface area contributed by atoms with Gasteiger partial charge in [0, 0.05) is 12.5 Å². The Morgan fingerprint density at radius 2 is 1.79 bits per heavy atom. The second-order valence-electron chi connectivity index (χ2n) is 4.67. The molecule has 0 amide bonds. The number of Topliss-reactive ketones (excluding diaryl/α,β-unsaturated/α-hetero) is 1. The van der Waals surface area contributed by atoms with E-state index in [9.17, 15) is 4.79 Å². The summed E-state index contributed by atoms with van der Waals surface area (Å²) in [5.41, 5.74) is 0.539. The van der Waals surface area contributed by atoms with Gasteiger partial charge >= 0.3 is 0 Å². The largest absolute Gasteiger partial charge is 0.496 e. The fourth-order valence-electron chi connectivity index (χ4n) is 1.89. The monoisotopic (exact) mass is 265 g/mol. The summed E-state index contributed by atoms with van der Waals surface area (Å²) < 4.78 is 10.5. The fourth-order valence-corrected chi connectivity index (χ4v) is 1.89. The molecule has 0 aliphatic heterocycles. The van der Waals surface area contributed by atoms with Crippen molar-refractivity contribution in [2.45, 2.75) is 32.7 Å². The lowest BCUT2D eigenvalue weighted by Crippen LogP contribution is -2.24. The Hall–Kier alpha value is -1.55. The third kappa shape index (κ3) is 4.56. The summed E-state index contributed by atoms with van der Waals surface area (Å²) in [6.07, 6.45) is 1.29. The highest BCUT2D eigenvalue weighted by Gasteiger charge is 2.17. The Morgan fingerprint density at radius 3 is 2.26 bits per heavy atom. The van der Waals surface area contributed by atoms with E-state index in [0.717, 1.165) is 13.0 Å². The maximum absolute atomic E-state index is 12.3. The van der Waals surface area contributed by atoms with Gasteiger partial charge in [0.15, 0.2) is 5.78 Å². The van der Waals surface area contributed by atoms with E-state index in [1.165, 1.54) is 0 Å². The number of benzene rings is 1. The van der Waals surface area contributed by atoms with Crippen LogP contribution >= 0.6 is 0 Å². The van der Waals surface area contributed by atoms with Crippen LogP contribution in [0.2, 0.25) is 0 Å². The maximum Gasteiger partial charge on any atom is 0.170 e. The van der Waals surface area contributed by atoms with Crippen LogP contribution < -0.4 is 14.8 Å². The van der Waals surface area contributed by atoms with Gasteiger partial charge < -0.3 is 14.8 Å². The molecule has 0 aliphatic rings. The molecule has 106 valence electrons. The van der Waals surface area contributed by atoms with Gasteiger partial charge in [-0.25, -0.2) is 0 Å². The molecule has 0 aromatic heterocycles. The van der Waals surface area contributed by atoms with Crippen LogP contribution in [0.15, 0.2) is 18.2 Å². The predicted molar refractivity (Wildman–Crippen MR) is 76.2 cm³/mol. The van der Waals surface area contributed by atoms with Crippen LogP contribution in [0.25, 0.3) is 0 Å². The number of hydrogen-bond donors (Lipinski definition) is 1. The lowest BCUT2D eigenvalue weighted by atomic mass is 10.0. The standard InChI is InChI=1S/C15H23NO3/c1-11(2)16-10-6-7-12(17)15-13(18-3)8-5-9-14(15)19-4/h5,8-9,11,16H,6-7,10H2,1-4H3. The lowest BCUT2D eigenvalue weighted by molar-refractivity contribution is 0.0973. The highest BCUT2D eigenvalue weighted by atomic mass is 16.5. The number of ketones is 1. The Morgan fingerprint density at radius 1 is 1.21 bits per heavy atom. The van der Waals surface area contributed by atoms with E-state index in [1.54, 1.807) is 26.4 Å². The van der Waals surface area contributed by atoms with Gasteiger partial charge in [-0.3, -0.25) is 4.79 Å². The number of nitrogens with one attached hydrogen (secondary N) is 1. The van der Waals surface area contributed by atoms with Crippen LogP contribution in [0, 0.1) is 0 Å². The lowest BCUT2D eigenvalue weighted by Gasteiger charge is -2.12. The molecule has 19 heavy (non-hydrogen) atoms. The van der Waals surface area contributed by atoms with Crippen LogP contribution in [0.5, 0.6) is 11.5 Å². The molecule has 1 aromatic rings. The number of rotatable bonds is 8. The molecule has 0 atom stereocenters. The van der Waals surface area contributed by atoms with E-state index in [2.05, 4.69) is 19.2 Å². The highest BCUT2D eigenvalue weighted by molar-refractivity contribution is 6.01.